The molecule has 4 rings (SSSR count). The highest BCUT2D eigenvalue weighted by Crippen LogP contribution is 2.41. The average molecular weight is 399 g/mol. The third-order valence-electron chi connectivity index (χ3n) is 5.33. The largest absolute Gasteiger partial charge is 0.626 e. The minimum Gasteiger partial charge on any atom is -0.626 e. The maximum absolute atomic E-state index is 13.9. The Kier molecular flexibility index (Phi) is 4.86. The second kappa shape index (κ2) is 7.20. The summed E-state index contributed by atoms with van der Waals surface area (Å²) >= 11 is 1.30. The first-order chi connectivity index (χ1) is 13.4. The molecule has 0 aliphatic carbocycles. The first-order valence-corrected chi connectivity index (χ1v) is 10.1. The molecule has 8 heteroatoms. The first-order valence-electron chi connectivity index (χ1n) is 9.37. The van der Waals surface area contributed by atoms with Gasteiger partial charge in [0, 0.05) is 0 Å². The summed E-state index contributed by atoms with van der Waals surface area (Å²) in [5, 5.41) is 17.2. The van der Waals surface area contributed by atoms with Crippen molar-refractivity contribution in [3.8, 4) is 21.8 Å². The number of halogens is 1. The lowest BCUT2D eigenvalue weighted by Crippen LogP contribution is -2.61. The van der Waals surface area contributed by atoms with Gasteiger partial charge in [-0.15, -0.1) is 0 Å². The Morgan fingerprint density at radius 1 is 1.29 bits per heavy atom. The van der Waals surface area contributed by atoms with Crippen molar-refractivity contribution in [3.63, 3.8) is 0 Å². The van der Waals surface area contributed by atoms with Gasteiger partial charge in [0.05, 0.1) is 35.4 Å². The number of nitrogens with zero attached hydrogens (tertiary/aromatic N) is 4. The zero-order valence-corrected chi connectivity index (χ0v) is 16.8. The molecule has 1 aliphatic rings. The molecular weight excluding hydrogens is 377 g/mol. The Hall–Kier alpha value is -2.42. The van der Waals surface area contributed by atoms with Crippen molar-refractivity contribution >= 4 is 23.0 Å². The number of rotatable bonds is 4. The van der Waals surface area contributed by atoms with Gasteiger partial charge in [0.2, 0.25) is 0 Å². The normalized spacial score (nSPS) is 21.4. The van der Waals surface area contributed by atoms with Gasteiger partial charge in [-0.3, -0.25) is 0 Å². The van der Waals surface area contributed by atoms with Crippen LogP contribution in [-0.4, -0.2) is 33.0 Å². The Morgan fingerprint density at radius 3 is 2.71 bits per heavy atom. The highest BCUT2D eigenvalue weighted by atomic mass is 32.1. The minimum absolute atomic E-state index is 0.104. The maximum atomic E-state index is 13.9. The predicted molar refractivity (Wildman–Crippen MR) is 111 cm³/mol. The monoisotopic (exact) mass is 399 g/mol. The van der Waals surface area contributed by atoms with Crippen LogP contribution in [0.1, 0.15) is 27.2 Å². The van der Waals surface area contributed by atoms with Gasteiger partial charge in [0.25, 0.3) is 5.82 Å². The number of anilines is 1. The predicted octanol–water partition coefficient (Wildman–Crippen LogP) is 4.82. The van der Waals surface area contributed by atoms with E-state index in [9.17, 15) is 9.60 Å². The van der Waals surface area contributed by atoms with E-state index in [1.54, 1.807) is 24.5 Å². The quantitative estimate of drug-likeness (QED) is 0.503. The van der Waals surface area contributed by atoms with Crippen molar-refractivity contribution in [2.24, 2.45) is 0 Å². The molecular formula is C20H22FN5OS. The van der Waals surface area contributed by atoms with Gasteiger partial charge in [-0.05, 0) is 49.5 Å². The number of hydrogen-bond acceptors (Lipinski definition) is 6. The summed E-state index contributed by atoms with van der Waals surface area (Å²) in [6, 6.07) is 5.99. The van der Waals surface area contributed by atoms with Crippen LogP contribution in [0.15, 0.2) is 36.7 Å². The van der Waals surface area contributed by atoms with Crippen LogP contribution < -0.4 is 9.96 Å². The molecule has 2 unspecified atom stereocenters. The van der Waals surface area contributed by atoms with E-state index in [1.807, 2.05) is 20.8 Å². The second-order valence-electron chi connectivity index (χ2n) is 7.25. The molecule has 146 valence electrons. The Bertz CT molecular complexity index is 991. The molecule has 28 heavy (non-hydrogen) atoms. The van der Waals surface area contributed by atoms with Crippen LogP contribution in [0, 0.1) is 11.0 Å². The van der Waals surface area contributed by atoms with Gasteiger partial charge >= 0.3 is 0 Å². The molecule has 0 fully saturated rings. The SMILES string of the molecule is CCC1CNc2cnc(-c3cnsc3-c3ccc(F)cc3)nc2[N+]1([O-])C(C)C. The third-order valence-corrected chi connectivity index (χ3v) is 6.18. The van der Waals surface area contributed by atoms with Crippen LogP contribution in [0.5, 0.6) is 0 Å². The van der Waals surface area contributed by atoms with Crippen molar-refractivity contribution in [1.29, 1.82) is 0 Å². The van der Waals surface area contributed by atoms with Crippen LogP contribution in [0.2, 0.25) is 0 Å². The van der Waals surface area contributed by atoms with Gasteiger partial charge in [0.1, 0.15) is 17.5 Å². The molecule has 0 spiro atoms. The number of benzene rings is 1. The summed E-state index contributed by atoms with van der Waals surface area (Å²) in [5.41, 5.74) is 2.27. The molecule has 0 amide bonds. The molecule has 0 saturated heterocycles. The fourth-order valence-corrected chi connectivity index (χ4v) is 4.47. The van der Waals surface area contributed by atoms with E-state index in [-0.39, 0.29) is 17.9 Å². The smallest absolute Gasteiger partial charge is 0.255 e. The van der Waals surface area contributed by atoms with Gasteiger partial charge in [0.15, 0.2) is 5.82 Å². The molecule has 2 aromatic heterocycles. The lowest BCUT2D eigenvalue weighted by atomic mass is 10.1. The molecule has 2 atom stereocenters. The van der Waals surface area contributed by atoms with E-state index in [0.717, 1.165) is 22.4 Å². The highest BCUT2D eigenvalue weighted by molar-refractivity contribution is 7.10. The number of hydrogen-bond donors (Lipinski definition) is 1. The number of nitrogens with one attached hydrogen (secondary N) is 1. The molecule has 0 saturated carbocycles. The van der Waals surface area contributed by atoms with Gasteiger partial charge in [-0.25, -0.2) is 9.37 Å². The Labute approximate surface area is 167 Å². The first kappa shape index (κ1) is 18.9. The molecule has 1 N–H and O–H groups in total. The van der Waals surface area contributed by atoms with Crippen LogP contribution >= 0.6 is 11.5 Å². The Morgan fingerprint density at radius 2 is 2.04 bits per heavy atom. The van der Waals surface area contributed by atoms with Crippen molar-refractivity contribution in [3.05, 3.63) is 47.7 Å². The minimum atomic E-state index is -0.474. The number of hydroxylamine groups is 2. The molecule has 0 bridgehead atoms. The van der Waals surface area contributed by atoms with E-state index in [2.05, 4.69) is 14.7 Å². The standard InChI is InChI=1S/C20H22FN5OS/c1-4-15-9-22-17-11-23-19(25-20(17)26(15,27)12(2)3)16-10-24-28-18(16)13-5-7-14(21)8-6-13/h5-8,10-12,15,22H,4,9H2,1-3H3. The van der Waals surface area contributed by atoms with Crippen LogP contribution in [0.25, 0.3) is 21.8 Å². The van der Waals surface area contributed by atoms with Crippen LogP contribution in [0.4, 0.5) is 15.9 Å². The van der Waals surface area contributed by atoms with E-state index in [4.69, 9.17) is 4.98 Å². The van der Waals surface area contributed by atoms with Crippen molar-refractivity contribution < 1.29 is 4.39 Å². The topological polar surface area (TPSA) is 73.8 Å². The Balaban J connectivity index is 1.83. The molecule has 0 radical (unpaired) electrons. The second-order valence-corrected chi connectivity index (χ2v) is 8.05. The van der Waals surface area contributed by atoms with Crippen molar-refractivity contribution in [2.45, 2.75) is 39.3 Å². The van der Waals surface area contributed by atoms with Crippen LogP contribution in [-0.2, 0) is 0 Å². The summed E-state index contributed by atoms with van der Waals surface area (Å²) in [7, 11) is 0. The number of quaternary nitrogens is 1. The lowest BCUT2D eigenvalue weighted by molar-refractivity contribution is 0.218. The zero-order valence-electron chi connectivity index (χ0n) is 16.0. The lowest BCUT2D eigenvalue weighted by Gasteiger charge is -2.52. The molecule has 1 aliphatic heterocycles. The van der Waals surface area contributed by atoms with Crippen molar-refractivity contribution in [2.75, 3.05) is 11.9 Å². The summed E-state index contributed by atoms with van der Waals surface area (Å²) in [4.78, 5) is 10.0. The van der Waals surface area contributed by atoms with Gasteiger partial charge in [-0.1, -0.05) is 19.1 Å². The average Bonchev–Trinajstić information content (AvgIpc) is 3.18. The number of aromatic nitrogens is 3. The van der Waals surface area contributed by atoms with Crippen LogP contribution in [0.3, 0.4) is 0 Å². The fourth-order valence-electron chi connectivity index (χ4n) is 3.72. The highest BCUT2D eigenvalue weighted by Gasteiger charge is 2.40. The van der Waals surface area contributed by atoms with E-state index in [1.165, 1.54) is 23.7 Å². The summed E-state index contributed by atoms with van der Waals surface area (Å²) < 4.78 is 17.1. The van der Waals surface area contributed by atoms with Crippen molar-refractivity contribution in [1.82, 2.24) is 19.0 Å². The summed E-state index contributed by atoms with van der Waals surface area (Å²) in [5.74, 6) is 0.639. The van der Waals surface area contributed by atoms with E-state index in [0.29, 0.717) is 23.9 Å². The van der Waals surface area contributed by atoms with Gasteiger partial charge < -0.3 is 15.2 Å². The molecule has 3 heterocycles. The number of fused-ring (bicyclic) bond motifs is 1. The molecule has 3 aromatic rings. The maximum Gasteiger partial charge on any atom is 0.255 e. The summed E-state index contributed by atoms with van der Waals surface area (Å²) in [6.45, 7) is 6.50. The summed E-state index contributed by atoms with van der Waals surface area (Å²) in [6.07, 6.45) is 4.14. The van der Waals surface area contributed by atoms with E-state index >= 15 is 0 Å². The molecule has 6 nitrogen and oxygen atoms in total. The third kappa shape index (κ3) is 2.97. The molecule has 1 aromatic carbocycles. The zero-order chi connectivity index (χ0) is 19.9. The fraction of sp³-hybridized carbons (Fsp3) is 0.350. The van der Waals surface area contributed by atoms with Gasteiger partial charge in [-0.2, -0.15) is 9.36 Å². The van der Waals surface area contributed by atoms with E-state index < -0.39 is 4.65 Å².